The Balaban J connectivity index is 0. The number of hydrogen-bond acceptors (Lipinski definition) is 4. The topological polar surface area (TPSA) is 47.9 Å². The normalized spacial score (nSPS) is 12.3. The fourth-order valence-electron chi connectivity index (χ4n) is 1.71. The molecule has 0 aromatic rings. The maximum absolute atomic E-state index is 10.5. The minimum atomic E-state index is -1.35. The smallest absolute Gasteiger partial charge is 0.312 e. The molecule has 0 aromatic heterocycles. The Morgan fingerprint density at radius 1 is 0.714 bits per heavy atom. The number of rotatable bonds is 13. The number of hydrogen-bond donors (Lipinski definition) is 1. The fraction of sp³-hybridized carbons (Fsp3) is 1.00. The first-order valence-electron chi connectivity index (χ1n) is 8.07. The summed E-state index contributed by atoms with van der Waals surface area (Å²) >= 11 is 0. The molecule has 0 rings (SSSR count). The van der Waals surface area contributed by atoms with Gasteiger partial charge in [-0.1, -0.05) is 40.0 Å². The van der Waals surface area contributed by atoms with Crippen LogP contribution < -0.4 is 0 Å². The molecule has 0 saturated heterocycles. The van der Waals surface area contributed by atoms with Crippen molar-refractivity contribution in [2.24, 2.45) is 0 Å². The molecule has 0 aromatic carbocycles. The summed E-state index contributed by atoms with van der Waals surface area (Å²) in [5.74, 6) is -1.35. The van der Waals surface area contributed by atoms with Crippen molar-refractivity contribution in [2.75, 3.05) is 19.8 Å². The third-order valence-electron chi connectivity index (χ3n) is 3.12. The standard InChI is InChI=1S/C16H34O4.Ti/c1-6-9-12-18-16(15(4,5)17,19-13-10-7-2)20-14-11-8-3;/h17H,6-14H2,1-5H3;. The van der Waals surface area contributed by atoms with Crippen LogP contribution in [-0.2, 0) is 35.9 Å². The Hall–Kier alpha value is 0.554. The first kappa shape index (κ1) is 23.8. The van der Waals surface area contributed by atoms with Gasteiger partial charge < -0.3 is 19.3 Å². The molecule has 0 aliphatic rings. The number of aliphatic hydroxyl groups is 1. The second-order valence-electron chi connectivity index (χ2n) is 5.72. The molecule has 0 radical (unpaired) electrons. The van der Waals surface area contributed by atoms with E-state index in [1.807, 2.05) is 0 Å². The molecule has 5 heteroatoms. The zero-order valence-corrected chi connectivity index (χ0v) is 16.1. The summed E-state index contributed by atoms with van der Waals surface area (Å²) in [6, 6.07) is 0. The van der Waals surface area contributed by atoms with Crippen LogP contribution in [0.25, 0.3) is 0 Å². The third kappa shape index (κ3) is 9.32. The van der Waals surface area contributed by atoms with Gasteiger partial charge in [-0.05, 0) is 33.1 Å². The minimum absolute atomic E-state index is 0. The van der Waals surface area contributed by atoms with Crippen molar-refractivity contribution in [3.05, 3.63) is 0 Å². The molecular weight excluding hydrogens is 304 g/mol. The Morgan fingerprint density at radius 3 is 1.19 bits per heavy atom. The molecule has 0 fully saturated rings. The van der Waals surface area contributed by atoms with Crippen molar-refractivity contribution >= 4 is 0 Å². The van der Waals surface area contributed by atoms with E-state index in [4.69, 9.17) is 14.2 Å². The molecule has 126 valence electrons. The largest absolute Gasteiger partial charge is 0.382 e. The van der Waals surface area contributed by atoms with Crippen LogP contribution in [-0.4, -0.2) is 36.5 Å². The quantitative estimate of drug-likeness (QED) is 0.315. The van der Waals surface area contributed by atoms with E-state index in [-0.39, 0.29) is 21.7 Å². The monoisotopic (exact) mass is 338 g/mol. The van der Waals surface area contributed by atoms with Crippen molar-refractivity contribution in [1.82, 2.24) is 0 Å². The van der Waals surface area contributed by atoms with Gasteiger partial charge in [0.05, 0.1) is 19.8 Å². The molecule has 21 heavy (non-hydrogen) atoms. The van der Waals surface area contributed by atoms with Crippen LogP contribution in [0.5, 0.6) is 0 Å². The van der Waals surface area contributed by atoms with Gasteiger partial charge in [0, 0.05) is 21.7 Å². The third-order valence-corrected chi connectivity index (χ3v) is 3.12. The van der Waals surface area contributed by atoms with E-state index in [0.717, 1.165) is 38.5 Å². The molecule has 0 aliphatic carbocycles. The summed E-state index contributed by atoms with van der Waals surface area (Å²) in [6.07, 6.45) is 5.87. The van der Waals surface area contributed by atoms with Crippen molar-refractivity contribution in [3.8, 4) is 0 Å². The molecule has 0 atom stereocenters. The van der Waals surface area contributed by atoms with Crippen LogP contribution in [0.15, 0.2) is 0 Å². The molecule has 0 aliphatic heterocycles. The number of unbranched alkanes of at least 4 members (excludes halogenated alkanes) is 3. The summed E-state index contributed by atoms with van der Waals surface area (Å²) in [7, 11) is 0. The van der Waals surface area contributed by atoms with Crippen molar-refractivity contribution in [2.45, 2.75) is 84.7 Å². The second-order valence-corrected chi connectivity index (χ2v) is 5.72. The number of ether oxygens (including phenoxy) is 3. The van der Waals surface area contributed by atoms with Gasteiger partial charge in [-0.2, -0.15) is 0 Å². The Bertz CT molecular complexity index is 202. The van der Waals surface area contributed by atoms with Crippen LogP contribution in [0.3, 0.4) is 0 Å². The van der Waals surface area contributed by atoms with Gasteiger partial charge in [-0.3, -0.25) is 0 Å². The maximum atomic E-state index is 10.5. The van der Waals surface area contributed by atoms with Gasteiger partial charge >= 0.3 is 5.97 Å². The molecule has 0 unspecified atom stereocenters. The molecule has 0 saturated carbocycles. The molecule has 0 heterocycles. The fourth-order valence-corrected chi connectivity index (χ4v) is 1.71. The summed E-state index contributed by atoms with van der Waals surface area (Å²) < 4.78 is 17.5. The van der Waals surface area contributed by atoms with Crippen LogP contribution in [0.4, 0.5) is 0 Å². The van der Waals surface area contributed by atoms with E-state index in [2.05, 4.69) is 20.8 Å². The summed E-state index contributed by atoms with van der Waals surface area (Å²) in [5, 5.41) is 10.5. The zero-order chi connectivity index (χ0) is 15.5. The Morgan fingerprint density at radius 2 is 1.00 bits per heavy atom. The van der Waals surface area contributed by atoms with Gasteiger partial charge in [-0.25, -0.2) is 0 Å². The Labute approximate surface area is 145 Å². The molecular formula is C16H34O4Ti. The Kier molecular flexibility index (Phi) is 14.8. The second kappa shape index (κ2) is 13.0. The van der Waals surface area contributed by atoms with E-state index in [0.29, 0.717) is 19.8 Å². The van der Waals surface area contributed by atoms with Crippen molar-refractivity contribution in [3.63, 3.8) is 0 Å². The first-order valence-corrected chi connectivity index (χ1v) is 8.07. The minimum Gasteiger partial charge on any atom is -0.382 e. The molecule has 1 N–H and O–H groups in total. The summed E-state index contributed by atoms with van der Waals surface area (Å²) in [6.45, 7) is 11.2. The van der Waals surface area contributed by atoms with Gasteiger partial charge in [0.2, 0.25) is 0 Å². The van der Waals surface area contributed by atoms with E-state index in [9.17, 15) is 5.11 Å². The van der Waals surface area contributed by atoms with Crippen LogP contribution in [0, 0.1) is 0 Å². The summed E-state index contributed by atoms with van der Waals surface area (Å²) in [5.41, 5.74) is -1.21. The van der Waals surface area contributed by atoms with E-state index in [1.165, 1.54) is 0 Å². The van der Waals surface area contributed by atoms with Gasteiger partial charge in [-0.15, -0.1) is 0 Å². The van der Waals surface area contributed by atoms with E-state index >= 15 is 0 Å². The van der Waals surface area contributed by atoms with Gasteiger partial charge in [0.25, 0.3) is 0 Å². The van der Waals surface area contributed by atoms with Crippen molar-refractivity contribution in [1.29, 1.82) is 0 Å². The van der Waals surface area contributed by atoms with E-state index < -0.39 is 11.6 Å². The van der Waals surface area contributed by atoms with Gasteiger partial charge in [0.15, 0.2) is 0 Å². The molecule has 0 amide bonds. The van der Waals surface area contributed by atoms with E-state index in [1.54, 1.807) is 13.8 Å². The molecule has 0 bridgehead atoms. The van der Waals surface area contributed by atoms with Crippen LogP contribution >= 0.6 is 0 Å². The maximum Gasteiger partial charge on any atom is 0.312 e. The average Bonchev–Trinajstić information content (AvgIpc) is 2.37. The predicted molar refractivity (Wildman–Crippen MR) is 81.6 cm³/mol. The average molecular weight is 338 g/mol. The van der Waals surface area contributed by atoms with Crippen LogP contribution in [0.1, 0.15) is 73.1 Å². The molecule has 4 nitrogen and oxygen atoms in total. The molecule has 0 spiro atoms. The predicted octanol–water partition coefficient (Wildman–Crippen LogP) is 3.86. The van der Waals surface area contributed by atoms with Gasteiger partial charge in [0.1, 0.15) is 5.60 Å². The van der Waals surface area contributed by atoms with Crippen molar-refractivity contribution < 1.29 is 41.0 Å². The zero-order valence-electron chi connectivity index (χ0n) is 14.5. The summed E-state index contributed by atoms with van der Waals surface area (Å²) in [4.78, 5) is 0. The van der Waals surface area contributed by atoms with Crippen LogP contribution in [0.2, 0.25) is 0 Å². The first-order chi connectivity index (χ1) is 9.43. The SMILES string of the molecule is CCCCOC(OCCCC)(OCCCC)C(C)(C)O.[Ti].